The summed E-state index contributed by atoms with van der Waals surface area (Å²) in [6.07, 6.45) is 0.886. The van der Waals surface area contributed by atoms with Crippen LogP contribution < -0.4 is 10.7 Å². The van der Waals surface area contributed by atoms with E-state index in [4.69, 9.17) is 5.84 Å². The first-order valence-corrected chi connectivity index (χ1v) is 6.32. The van der Waals surface area contributed by atoms with E-state index in [1.807, 2.05) is 30.8 Å². The van der Waals surface area contributed by atoms with Gasteiger partial charge in [-0.15, -0.1) is 0 Å². The molecule has 0 amide bonds. The zero-order valence-corrected chi connectivity index (χ0v) is 9.71. The smallest absolute Gasteiger partial charge is 0.253 e. The van der Waals surface area contributed by atoms with Crippen LogP contribution in [0.2, 0.25) is 0 Å². The minimum atomic E-state index is -3.56. The lowest BCUT2D eigenvalue weighted by molar-refractivity contribution is 0.580. The second-order valence-corrected chi connectivity index (χ2v) is 5.15. The predicted octanol–water partition coefficient (Wildman–Crippen LogP) is 1.35. The average Bonchev–Trinajstić information content (AvgIpc) is 2.28. The maximum absolute atomic E-state index is 11.6. The molecule has 0 aromatic heterocycles. The Bertz CT molecular complexity index is 429. The van der Waals surface area contributed by atoms with Gasteiger partial charge in [-0.2, -0.15) is 4.83 Å². The molecule has 4 nitrogen and oxygen atoms in total. The van der Waals surface area contributed by atoms with Crippen LogP contribution in [0.15, 0.2) is 29.2 Å². The molecule has 5 heteroatoms. The second-order valence-electron chi connectivity index (χ2n) is 3.47. The monoisotopic (exact) mass is 228 g/mol. The summed E-state index contributed by atoms with van der Waals surface area (Å²) in [7, 11) is -3.56. The SMILES string of the molecule is CCC(C)c1ccccc1S(=O)(=O)NN. The van der Waals surface area contributed by atoms with Crippen molar-refractivity contribution >= 4 is 10.0 Å². The summed E-state index contributed by atoms with van der Waals surface area (Å²) < 4.78 is 23.2. The van der Waals surface area contributed by atoms with Crippen molar-refractivity contribution < 1.29 is 8.42 Å². The van der Waals surface area contributed by atoms with Crippen molar-refractivity contribution in [2.45, 2.75) is 31.1 Å². The summed E-state index contributed by atoms with van der Waals surface area (Å²) in [4.78, 5) is 2.11. The van der Waals surface area contributed by atoms with Crippen LogP contribution in [0, 0.1) is 0 Å². The minimum absolute atomic E-state index is 0.198. The third kappa shape index (κ3) is 2.56. The Morgan fingerprint density at radius 2 is 2.00 bits per heavy atom. The highest BCUT2D eigenvalue weighted by atomic mass is 32.2. The van der Waals surface area contributed by atoms with Gasteiger partial charge in [-0.3, -0.25) is 5.84 Å². The molecule has 1 unspecified atom stereocenters. The third-order valence-corrected chi connectivity index (χ3v) is 3.77. The number of hydrogen-bond donors (Lipinski definition) is 2. The van der Waals surface area contributed by atoms with Crippen molar-refractivity contribution in [2.24, 2.45) is 5.84 Å². The fourth-order valence-corrected chi connectivity index (χ4v) is 2.38. The van der Waals surface area contributed by atoms with Gasteiger partial charge in [-0.05, 0) is 24.0 Å². The molecule has 0 aliphatic heterocycles. The molecule has 1 aromatic rings. The highest BCUT2D eigenvalue weighted by molar-refractivity contribution is 7.89. The number of hydrogen-bond acceptors (Lipinski definition) is 3. The Kier molecular flexibility index (Phi) is 3.84. The van der Waals surface area contributed by atoms with Crippen molar-refractivity contribution in [3.8, 4) is 0 Å². The number of benzene rings is 1. The zero-order valence-electron chi connectivity index (χ0n) is 8.90. The van der Waals surface area contributed by atoms with E-state index < -0.39 is 10.0 Å². The van der Waals surface area contributed by atoms with Crippen LogP contribution in [0.25, 0.3) is 0 Å². The second kappa shape index (κ2) is 4.74. The van der Waals surface area contributed by atoms with E-state index in [9.17, 15) is 8.42 Å². The van der Waals surface area contributed by atoms with Gasteiger partial charge in [0.25, 0.3) is 10.0 Å². The normalized spacial score (nSPS) is 13.8. The number of rotatable bonds is 4. The summed E-state index contributed by atoms with van der Waals surface area (Å²) in [5.74, 6) is 5.21. The third-order valence-electron chi connectivity index (χ3n) is 2.51. The maximum Gasteiger partial charge on any atom is 0.253 e. The highest BCUT2D eigenvalue weighted by Crippen LogP contribution is 2.25. The lowest BCUT2D eigenvalue weighted by Gasteiger charge is -2.14. The summed E-state index contributed by atoms with van der Waals surface area (Å²) in [6.45, 7) is 4.01. The molecule has 15 heavy (non-hydrogen) atoms. The van der Waals surface area contributed by atoms with Crippen molar-refractivity contribution in [1.29, 1.82) is 0 Å². The lowest BCUT2D eigenvalue weighted by atomic mass is 9.99. The van der Waals surface area contributed by atoms with E-state index in [1.54, 1.807) is 12.1 Å². The fourth-order valence-electron chi connectivity index (χ4n) is 1.42. The minimum Gasteiger partial charge on any atom is -0.257 e. The zero-order chi connectivity index (χ0) is 11.5. The van der Waals surface area contributed by atoms with Crippen molar-refractivity contribution in [1.82, 2.24) is 4.83 Å². The topological polar surface area (TPSA) is 72.2 Å². The van der Waals surface area contributed by atoms with E-state index in [0.717, 1.165) is 12.0 Å². The largest absolute Gasteiger partial charge is 0.257 e. The quantitative estimate of drug-likeness (QED) is 0.603. The molecule has 0 bridgehead atoms. The van der Waals surface area contributed by atoms with Gasteiger partial charge in [0.15, 0.2) is 0 Å². The molecule has 3 N–H and O–H groups in total. The fraction of sp³-hybridized carbons (Fsp3) is 0.400. The maximum atomic E-state index is 11.6. The van der Waals surface area contributed by atoms with Gasteiger partial charge in [0.05, 0.1) is 4.90 Å². The van der Waals surface area contributed by atoms with Crippen LogP contribution in [-0.4, -0.2) is 8.42 Å². The Morgan fingerprint density at radius 3 is 2.53 bits per heavy atom. The molecule has 0 aliphatic rings. The molecule has 1 aromatic carbocycles. The molecule has 0 spiro atoms. The van der Waals surface area contributed by atoms with Crippen molar-refractivity contribution in [3.05, 3.63) is 29.8 Å². The number of sulfonamides is 1. The van der Waals surface area contributed by atoms with Crippen LogP contribution >= 0.6 is 0 Å². The van der Waals surface area contributed by atoms with Gasteiger partial charge in [-0.1, -0.05) is 32.0 Å². The van der Waals surface area contributed by atoms with E-state index in [1.165, 1.54) is 0 Å². The van der Waals surface area contributed by atoms with E-state index >= 15 is 0 Å². The molecule has 0 heterocycles. The Labute approximate surface area is 90.5 Å². The molecule has 0 aliphatic carbocycles. The molecular weight excluding hydrogens is 212 g/mol. The molecule has 1 rings (SSSR count). The van der Waals surface area contributed by atoms with Gasteiger partial charge in [0.1, 0.15) is 0 Å². The van der Waals surface area contributed by atoms with Gasteiger partial charge in [0.2, 0.25) is 0 Å². The number of nitrogens with two attached hydrogens (primary N) is 1. The van der Waals surface area contributed by atoms with Crippen LogP contribution in [0.1, 0.15) is 31.7 Å². The lowest BCUT2D eigenvalue weighted by Crippen LogP contribution is -2.31. The van der Waals surface area contributed by atoms with Gasteiger partial charge < -0.3 is 0 Å². The highest BCUT2D eigenvalue weighted by Gasteiger charge is 2.18. The Hall–Kier alpha value is -0.910. The molecular formula is C10H16N2O2S. The van der Waals surface area contributed by atoms with Gasteiger partial charge in [-0.25, -0.2) is 8.42 Å². The molecule has 0 radical (unpaired) electrons. The molecule has 84 valence electrons. The van der Waals surface area contributed by atoms with E-state index in [-0.39, 0.29) is 10.8 Å². The van der Waals surface area contributed by atoms with Gasteiger partial charge >= 0.3 is 0 Å². The predicted molar refractivity (Wildman–Crippen MR) is 59.7 cm³/mol. The van der Waals surface area contributed by atoms with Crippen LogP contribution in [-0.2, 0) is 10.0 Å². The molecule has 1 atom stereocenters. The first kappa shape index (κ1) is 12.2. The Balaban J connectivity index is 3.30. The van der Waals surface area contributed by atoms with Gasteiger partial charge in [0, 0.05) is 0 Å². The first-order valence-electron chi connectivity index (χ1n) is 4.84. The summed E-state index contributed by atoms with van der Waals surface area (Å²) >= 11 is 0. The molecule has 0 saturated heterocycles. The van der Waals surface area contributed by atoms with Crippen LogP contribution in [0.4, 0.5) is 0 Å². The molecule has 0 saturated carbocycles. The van der Waals surface area contributed by atoms with Crippen LogP contribution in [0.3, 0.4) is 0 Å². The summed E-state index contributed by atoms with van der Waals surface area (Å²) in [5, 5.41) is 0. The standard InChI is InChI=1S/C10H16N2O2S/c1-3-8(2)9-6-4-5-7-10(9)15(13,14)12-11/h4-8,12H,3,11H2,1-2H3. The van der Waals surface area contributed by atoms with E-state index in [2.05, 4.69) is 0 Å². The Morgan fingerprint density at radius 1 is 1.40 bits per heavy atom. The number of hydrazine groups is 1. The summed E-state index contributed by atoms with van der Waals surface area (Å²) in [6, 6.07) is 6.90. The first-order chi connectivity index (χ1) is 7.03. The van der Waals surface area contributed by atoms with E-state index in [0.29, 0.717) is 0 Å². The molecule has 0 fully saturated rings. The van der Waals surface area contributed by atoms with Crippen molar-refractivity contribution in [3.63, 3.8) is 0 Å². The number of nitrogens with one attached hydrogen (secondary N) is 1. The average molecular weight is 228 g/mol. The van der Waals surface area contributed by atoms with Crippen LogP contribution in [0.5, 0.6) is 0 Å². The van der Waals surface area contributed by atoms with Crippen molar-refractivity contribution in [2.75, 3.05) is 0 Å². The summed E-state index contributed by atoms with van der Waals surface area (Å²) in [5.41, 5.74) is 0.804.